The maximum atomic E-state index is 13.5. The summed E-state index contributed by atoms with van der Waals surface area (Å²) < 4.78 is 0. The van der Waals surface area contributed by atoms with Crippen LogP contribution >= 0.6 is 0 Å². The van der Waals surface area contributed by atoms with Crippen LogP contribution in [0.3, 0.4) is 0 Å². The zero-order valence-corrected chi connectivity index (χ0v) is 24.5. The molecule has 8 fully saturated rings. The quantitative estimate of drug-likeness (QED) is 0.460. The summed E-state index contributed by atoms with van der Waals surface area (Å²) in [6.07, 6.45) is 15.7. The van der Waals surface area contributed by atoms with Crippen LogP contribution in [0.4, 0.5) is 0 Å². The van der Waals surface area contributed by atoms with Crippen molar-refractivity contribution in [3.05, 3.63) is 29.6 Å². The molecule has 8 aliphatic rings. The van der Waals surface area contributed by atoms with E-state index in [-0.39, 0.29) is 22.9 Å². The van der Waals surface area contributed by atoms with Crippen molar-refractivity contribution in [3.8, 4) is 0 Å². The number of carbonyl (C=O) groups excluding carboxylic acids is 2. The van der Waals surface area contributed by atoms with Crippen LogP contribution in [0.1, 0.15) is 139 Å². The molecule has 2 N–H and O–H groups in total. The molecule has 0 aliphatic heterocycles. The molecule has 0 radical (unpaired) electrons. The Morgan fingerprint density at radius 3 is 1.21 bits per heavy atom. The summed E-state index contributed by atoms with van der Waals surface area (Å²) in [5, 5.41) is 6.98. The molecule has 8 aliphatic carbocycles. The Morgan fingerprint density at radius 1 is 0.553 bits per heavy atom. The lowest BCUT2D eigenvalue weighted by atomic mass is 9.38. The van der Waals surface area contributed by atoms with Crippen LogP contribution in [0.15, 0.2) is 18.3 Å². The Bertz CT molecular complexity index is 1030. The van der Waals surface area contributed by atoms with E-state index in [9.17, 15) is 9.59 Å². The van der Waals surface area contributed by atoms with Crippen LogP contribution in [0, 0.1) is 32.5 Å². The number of amides is 2. The fourth-order valence-electron chi connectivity index (χ4n) is 14.1. The van der Waals surface area contributed by atoms with Gasteiger partial charge in [-0.3, -0.25) is 14.6 Å². The Kier molecular flexibility index (Phi) is 4.65. The fraction of sp³-hybridized carbons (Fsp3) is 0.788. The molecule has 1 aromatic heterocycles. The molecular weight excluding hydrogens is 470 g/mol. The molecule has 0 unspecified atom stereocenters. The Labute approximate surface area is 228 Å². The molecule has 0 atom stereocenters. The van der Waals surface area contributed by atoms with Crippen molar-refractivity contribution in [2.45, 2.75) is 130 Å². The molecule has 8 saturated carbocycles. The first-order valence-electron chi connectivity index (χ1n) is 15.1. The van der Waals surface area contributed by atoms with E-state index in [1.165, 1.54) is 38.5 Å². The lowest BCUT2D eigenvalue weighted by Gasteiger charge is -2.69. The highest BCUT2D eigenvalue weighted by Gasteiger charge is 2.65. The lowest BCUT2D eigenvalue weighted by Crippen LogP contribution is -2.67. The van der Waals surface area contributed by atoms with Gasteiger partial charge in [-0.05, 0) is 122 Å². The zero-order valence-electron chi connectivity index (χ0n) is 24.5. The molecule has 1 aromatic rings. The van der Waals surface area contributed by atoms with E-state index in [2.05, 4.69) is 57.2 Å². The first-order valence-corrected chi connectivity index (χ1v) is 15.1. The highest BCUT2D eigenvalue weighted by molar-refractivity contribution is 5.96. The lowest BCUT2D eigenvalue weighted by molar-refractivity contribution is -0.155. The topological polar surface area (TPSA) is 71.1 Å². The van der Waals surface area contributed by atoms with E-state index in [1.807, 2.05) is 0 Å². The van der Waals surface area contributed by atoms with E-state index in [0.717, 1.165) is 38.5 Å². The number of rotatable bonds is 4. The minimum absolute atomic E-state index is 0.0444. The summed E-state index contributed by atoms with van der Waals surface area (Å²) in [5.74, 6) is -0.137. The molecule has 0 aromatic carbocycles. The van der Waals surface area contributed by atoms with Crippen molar-refractivity contribution in [2.75, 3.05) is 0 Å². The highest BCUT2D eigenvalue weighted by atomic mass is 16.2. The predicted molar refractivity (Wildman–Crippen MR) is 149 cm³/mol. The van der Waals surface area contributed by atoms with E-state index >= 15 is 0 Å². The second kappa shape index (κ2) is 7.04. The third-order valence-corrected chi connectivity index (χ3v) is 11.7. The predicted octanol–water partition coefficient (Wildman–Crippen LogP) is 6.82. The fourth-order valence-corrected chi connectivity index (χ4v) is 14.1. The summed E-state index contributed by atoms with van der Waals surface area (Å²) in [6.45, 7) is 14.6. The molecular formula is C33H47N3O2. The summed E-state index contributed by atoms with van der Waals surface area (Å²) in [6, 6.07) is 3.55. The van der Waals surface area contributed by atoms with Gasteiger partial charge >= 0.3 is 0 Å². The standard InChI is InChI=1S/C33H47N3O2/c1-26-10-27(2)12-28(3,11-26)18-32(16-26,17-27)35-24(37)22-7-8-23(34-9-22)25(38)36-33-19-29(4)13-30(5,20-33)15-31(6,14-29)21-33/h7-9H,10-21H2,1-6H3,(H,35,37)(H,36,38). The Morgan fingerprint density at radius 2 is 0.895 bits per heavy atom. The van der Waals surface area contributed by atoms with E-state index in [4.69, 9.17) is 0 Å². The molecule has 0 saturated heterocycles. The van der Waals surface area contributed by atoms with Crippen LogP contribution in [-0.4, -0.2) is 27.9 Å². The zero-order chi connectivity index (χ0) is 27.0. The highest BCUT2D eigenvalue weighted by Crippen LogP contribution is 2.71. The average molecular weight is 518 g/mol. The number of carbonyl (C=O) groups is 2. The number of hydrogen-bond donors (Lipinski definition) is 2. The van der Waals surface area contributed by atoms with Gasteiger partial charge in [-0.2, -0.15) is 0 Å². The van der Waals surface area contributed by atoms with Gasteiger partial charge in [0.1, 0.15) is 5.69 Å². The van der Waals surface area contributed by atoms with E-state index < -0.39 is 0 Å². The van der Waals surface area contributed by atoms with Crippen LogP contribution in [0.25, 0.3) is 0 Å². The van der Waals surface area contributed by atoms with Gasteiger partial charge in [-0.1, -0.05) is 41.5 Å². The first-order chi connectivity index (χ1) is 17.5. The molecule has 206 valence electrons. The molecule has 1 heterocycles. The van der Waals surface area contributed by atoms with Crippen molar-refractivity contribution in [1.29, 1.82) is 0 Å². The Balaban J connectivity index is 1.07. The number of nitrogens with one attached hydrogen (secondary N) is 2. The maximum Gasteiger partial charge on any atom is 0.270 e. The Hall–Kier alpha value is -1.91. The van der Waals surface area contributed by atoms with Gasteiger partial charge in [0.05, 0.1) is 5.56 Å². The summed E-state index contributed by atoms with van der Waals surface area (Å²) in [4.78, 5) is 31.4. The second-order valence-electron chi connectivity index (χ2n) is 17.9. The van der Waals surface area contributed by atoms with Gasteiger partial charge in [-0.25, -0.2) is 0 Å². The molecule has 9 rings (SSSR count). The third-order valence-electron chi connectivity index (χ3n) is 11.7. The van der Waals surface area contributed by atoms with Crippen LogP contribution in [0.2, 0.25) is 0 Å². The minimum atomic E-state index is -0.136. The number of hydrogen-bond acceptors (Lipinski definition) is 3. The van der Waals surface area contributed by atoms with Crippen molar-refractivity contribution in [1.82, 2.24) is 15.6 Å². The molecule has 2 amide bonds. The van der Waals surface area contributed by atoms with E-state index in [0.29, 0.717) is 43.7 Å². The van der Waals surface area contributed by atoms with Crippen LogP contribution in [0.5, 0.6) is 0 Å². The molecule has 38 heavy (non-hydrogen) atoms. The summed E-state index contributed by atoms with van der Waals surface area (Å²) in [5.41, 5.74) is 2.58. The van der Waals surface area contributed by atoms with Crippen LogP contribution in [-0.2, 0) is 0 Å². The van der Waals surface area contributed by atoms with Gasteiger partial charge in [0.15, 0.2) is 0 Å². The van der Waals surface area contributed by atoms with Gasteiger partial charge in [0, 0.05) is 17.3 Å². The van der Waals surface area contributed by atoms with Gasteiger partial charge in [0.2, 0.25) is 0 Å². The summed E-state index contributed by atoms with van der Waals surface area (Å²) >= 11 is 0. The normalized spacial score (nSPS) is 51.7. The van der Waals surface area contributed by atoms with Crippen molar-refractivity contribution in [2.24, 2.45) is 32.5 Å². The monoisotopic (exact) mass is 517 g/mol. The third kappa shape index (κ3) is 3.88. The van der Waals surface area contributed by atoms with Crippen molar-refractivity contribution in [3.63, 3.8) is 0 Å². The van der Waals surface area contributed by atoms with Gasteiger partial charge in [-0.15, -0.1) is 0 Å². The maximum absolute atomic E-state index is 13.5. The molecule has 5 nitrogen and oxygen atoms in total. The number of aromatic nitrogens is 1. The largest absolute Gasteiger partial charge is 0.346 e. The van der Waals surface area contributed by atoms with Crippen molar-refractivity contribution >= 4 is 11.8 Å². The average Bonchev–Trinajstić information content (AvgIpc) is 2.65. The van der Waals surface area contributed by atoms with Crippen LogP contribution < -0.4 is 10.6 Å². The van der Waals surface area contributed by atoms with E-state index in [1.54, 1.807) is 18.3 Å². The number of nitrogens with zero attached hydrogens (tertiary/aromatic N) is 1. The molecule has 5 heteroatoms. The smallest absolute Gasteiger partial charge is 0.270 e. The van der Waals surface area contributed by atoms with Gasteiger partial charge in [0.25, 0.3) is 11.8 Å². The van der Waals surface area contributed by atoms with Crippen molar-refractivity contribution < 1.29 is 9.59 Å². The second-order valence-corrected chi connectivity index (χ2v) is 17.9. The first kappa shape index (κ1) is 25.1. The van der Waals surface area contributed by atoms with Gasteiger partial charge < -0.3 is 10.6 Å². The number of pyridine rings is 1. The SMILES string of the molecule is CC12CC3(C)CC(C)(C1)CC(NC(=O)c1ccc(C(=O)NC45CC6(C)CC(C)(CC(C)(C6)C4)C5)nc1)(C2)C3. The minimum Gasteiger partial charge on any atom is -0.346 e. The molecule has 0 spiro atoms. The molecule has 8 bridgehead atoms. The summed E-state index contributed by atoms with van der Waals surface area (Å²) in [7, 11) is 0.